The Morgan fingerprint density at radius 1 is 0.857 bits per heavy atom. The maximum absolute atomic E-state index is 8.87. The first-order valence-electron chi connectivity index (χ1n) is 9.81. The van der Waals surface area contributed by atoms with Gasteiger partial charge in [-0.2, -0.15) is 5.26 Å². The van der Waals surface area contributed by atoms with E-state index in [0.29, 0.717) is 18.1 Å². The minimum atomic E-state index is 0.473. The predicted octanol–water partition coefficient (Wildman–Crippen LogP) is 5.72. The van der Waals surface area contributed by atoms with Gasteiger partial charge in [0.1, 0.15) is 6.61 Å². The molecule has 0 spiro atoms. The monoisotopic (exact) mass is 371 g/mol. The molecule has 1 aromatic heterocycles. The molecule has 0 bridgehead atoms. The molecule has 0 atom stereocenters. The van der Waals surface area contributed by atoms with E-state index in [1.165, 1.54) is 31.2 Å². The minimum Gasteiger partial charge on any atom is -0.472 e. The second-order valence-electron chi connectivity index (χ2n) is 6.84. The van der Waals surface area contributed by atoms with Gasteiger partial charge in [-0.25, -0.2) is 9.97 Å². The summed E-state index contributed by atoms with van der Waals surface area (Å²) in [5.74, 6) is 0.501. The number of nitriles is 1. The highest BCUT2D eigenvalue weighted by Gasteiger charge is 2.03. The third-order valence-corrected chi connectivity index (χ3v) is 4.67. The van der Waals surface area contributed by atoms with Crippen molar-refractivity contribution in [3.63, 3.8) is 0 Å². The zero-order valence-electron chi connectivity index (χ0n) is 16.3. The summed E-state index contributed by atoms with van der Waals surface area (Å²) in [6.45, 7) is 2.71. The summed E-state index contributed by atoms with van der Waals surface area (Å²) in [5, 5.41) is 8.87. The van der Waals surface area contributed by atoms with Crippen molar-refractivity contribution in [1.29, 1.82) is 5.26 Å². The van der Waals surface area contributed by atoms with Crippen molar-refractivity contribution in [3.05, 3.63) is 77.6 Å². The molecular weight excluding hydrogens is 346 g/mol. The van der Waals surface area contributed by atoms with Gasteiger partial charge in [0.05, 0.1) is 29.7 Å². The number of ether oxygens (including phenoxy) is 1. The molecule has 0 amide bonds. The number of aromatic nitrogens is 2. The van der Waals surface area contributed by atoms with Gasteiger partial charge in [0.15, 0.2) is 0 Å². The molecule has 0 aliphatic rings. The highest BCUT2D eigenvalue weighted by atomic mass is 16.5. The lowest BCUT2D eigenvalue weighted by molar-refractivity contribution is 0.292. The summed E-state index contributed by atoms with van der Waals surface area (Å²) < 4.78 is 5.76. The molecule has 142 valence electrons. The van der Waals surface area contributed by atoms with E-state index in [9.17, 15) is 0 Å². The molecule has 0 radical (unpaired) electrons. The number of hydrogen-bond acceptors (Lipinski definition) is 4. The third-order valence-electron chi connectivity index (χ3n) is 4.67. The molecule has 3 aromatic rings. The second-order valence-corrected chi connectivity index (χ2v) is 6.84. The first kappa shape index (κ1) is 19.6. The van der Waals surface area contributed by atoms with Crippen molar-refractivity contribution in [3.8, 4) is 23.2 Å². The molecule has 0 aliphatic heterocycles. The molecule has 3 rings (SSSR count). The van der Waals surface area contributed by atoms with Crippen molar-refractivity contribution in [2.24, 2.45) is 0 Å². The molecule has 4 nitrogen and oxygen atoms in total. The van der Waals surface area contributed by atoms with Crippen LogP contribution in [0.4, 0.5) is 0 Å². The molecule has 0 unspecified atom stereocenters. The Morgan fingerprint density at radius 2 is 1.61 bits per heavy atom. The van der Waals surface area contributed by atoms with Crippen LogP contribution in [0.25, 0.3) is 11.3 Å². The van der Waals surface area contributed by atoms with Crippen LogP contribution in [0.3, 0.4) is 0 Å². The summed E-state index contributed by atoms with van der Waals surface area (Å²) in [4.78, 5) is 8.75. The van der Waals surface area contributed by atoms with Gasteiger partial charge in [-0.15, -0.1) is 0 Å². The molecule has 1 heterocycles. The summed E-state index contributed by atoms with van der Waals surface area (Å²) in [6, 6.07) is 18.0. The number of unbranched alkanes of at least 4 members (excludes halogenated alkanes) is 3. The molecule has 0 N–H and O–H groups in total. The third kappa shape index (κ3) is 5.65. The van der Waals surface area contributed by atoms with Crippen molar-refractivity contribution in [2.75, 3.05) is 0 Å². The molecule has 2 aromatic carbocycles. The van der Waals surface area contributed by atoms with Gasteiger partial charge in [-0.3, -0.25) is 0 Å². The Balaban J connectivity index is 1.51. The first-order valence-corrected chi connectivity index (χ1v) is 9.81. The number of aryl methyl sites for hydroxylation is 1. The average Bonchev–Trinajstić information content (AvgIpc) is 2.76. The highest BCUT2D eigenvalue weighted by Crippen LogP contribution is 2.18. The van der Waals surface area contributed by atoms with Crippen molar-refractivity contribution in [1.82, 2.24) is 9.97 Å². The first-order chi connectivity index (χ1) is 13.8. The molecule has 0 aliphatic carbocycles. The fraction of sp³-hybridized carbons (Fsp3) is 0.292. The van der Waals surface area contributed by atoms with Crippen LogP contribution < -0.4 is 4.74 Å². The fourth-order valence-electron chi connectivity index (χ4n) is 2.97. The maximum atomic E-state index is 8.87. The zero-order chi connectivity index (χ0) is 19.6. The Labute approximate surface area is 166 Å². The Kier molecular flexibility index (Phi) is 7.14. The minimum absolute atomic E-state index is 0.473. The van der Waals surface area contributed by atoms with Crippen LogP contribution in [0.15, 0.2) is 60.9 Å². The summed E-state index contributed by atoms with van der Waals surface area (Å²) in [5.41, 5.74) is 4.81. The lowest BCUT2D eigenvalue weighted by atomic mass is 10.0. The quantitative estimate of drug-likeness (QED) is 0.452. The van der Waals surface area contributed by atoms with Gasteiger partial charge in [0.25, 0.3) is 0 Å². The van der Waals surface area contributed by atoms with E-state index in [0.717, 1.165) is 23.2 Å². The smallest absolute Gasteiger partial charge is 0.232 e. The van der Waals surface area contributed by atoms with Crippen LogP contribution in [0, 0.1) is 11.3 Å². The normalized spacial score (nSPS) is 10.4. The van der Waals surface area contributed by atoms with Crippen LogP contribution in [0.1, 0.15) is 49.3 Å². The van der Waals surface area contributed by atoms with Crippen LogP contribution in [-0.2, 0) is 13.0 Å². The van der Waals surface area contributed by atoms with Crippen molar-refractivity contribution in [2.45, 2.75) is 45.6 Å². The number of nitrogens with zero attached hydrogens (tertiary/aromatic N) is 3. The maximum Gasteiger partial charge on any atom is 0.232 e. The van der Waals surface area contributed by atoms with E-state index in [1.807, 2.05) is 12.1 Å². The molecule has 0 saturated heterocycles. The second kappa shape index (κ2) is 10.2. The predicted molar refractivity (Wildman–Crippen MR) is 111 cm³/mol. The van der Waals surface area contributed by atoms with Gasteiger partial charge < -0.3 is 4.74 Å². The van der Waals surface area contributed by atoms with Crippen molar-refractivity contribution < 1.29 is 4.74 Å². The van der Waals surface area contributed by atoms with E-state index < -0.39 is 0 Å². The number of hydrogen-bond donors (Lipinski definition) is 0. The molecule has 4 heteroatoms. The Morgan fingerprint density at radius 3 is 2.25 bits per heavy atom. The summed E-state index contributed by atoms with van der Waals surface area (Å²) in [6.07, 6.45) is 9.61. The van der Waals surface area contributed by atoms with E-state index in [2.05, 4.69) is 47.2 Å². The SMILES string of the molecule is CCCCCCc1ccc(COc2cnc(-c3ccc(C#N)cc3)cn2)cc1. The van der Waals surface area contributed by atoms with Crippen LogP contribution >= 0.6 is 0 Å². The zero-order valence-corrected chi connectivity index (χ0v) is 16.3. The summed E-state index contributed by atoms with van der Waals surface area (Å²) >= 11 is 0. The largest absolute Gasteiger partial charge is 0.472 e. The standard InChI is InChI=1S/C24H25N3O/c1-2-3-4-5-6-19-7-9-21(10-8-19)18-28-24-17-26-23(16-27-24)22-13-11-20(15-25)12-14-22/h7-14,16-17H,2-6,18H2,1H3. The lowest BCUT2D eigenvalue weighted by Crippen LogP contribution is -1.98. The number of rotatable bonds is 9. The van der Waals surface area contributed by atoms with Crippen LogP contribution in [0.2, 0.25) is 0 Å². The molecule has 28 heavy (non-hydrogen) atoms. The molecule has 0 saturated carbocycles. The Bertz CT molecular complexity index is 895. The van der Waals surface area contributed by atoms with E-state index in [4.69, 9.17) is 10.00 Å². The molecule has 0 fully saturated rings. The Hall–Kier alpha value is -3.19. The lowest BCUT2D eigenvalue weighted by Gasteiger charge is -2.07. The van der Waals surface area contributed by atoms with E-state index >= 15 is 0 Å². The van der Waals surface area contributed by atoms with Crippen LogP contribution in [0.5, 0.6) is 5.88 Å². The van der Waals surface area contributed by atoms with Gasteiger partial charge >= 0.3 is 0 Å². The van der Waals surface area contributed by atoms with E-state index in [1.54, 1.807) is 24.5 Å². The van der Waals surface area contributed by atoms with Crippen molar-refractivity contribution >= 4 is 0 Å². The summed E-state index contributed by atoms with van der Waals surface area (Å²) in [7, 11) is 0. The average molecular weight is 371 g/mol. The van der Waals surface area contributed by atoms with Gasteiger partial charge in [0, 0.05) is 5.56 Å². The van der Waals surface area contributed by atoms with Gasteiger partial charge in [-0.1, -0.05) is 62.6 Å². The topological polar surface area (TPSA) is 58.8 Å². The highest BCUT2D eigenvalue weighted by molar-refractivity contribution is 5.59. The van der Waals surface area contributed by atoms with E-state index in [-0.39, 0.29) is 0 Å². The van der Waals surface area contributed by atoms with Gasteiger partial charge in [0.2, 0.25) is 5.88 Å². The number of benzene rings is 2. The molecular formula is C24H25N3O. The van der Waals surface area contributed by atoms with Crippen LogP contribution in [-0.4, -0.2) is 9.97 Å². The van der Waals surface area contributed by atoms with Gasteiger partial charge in [-0.05, 0) is 36.1 Å². The fourth-order valence-corrected chi connectivity index (χ4v) is 2.97.